The Morgan fingerprint density at radius 3 is 2.33 bits per heavy atom. The minimum atomic E-state index is -1.14. The van der Waals surface area contributed by atoms with Crippen LogP contribution < -0.4 is 0 Å². The zero-order valence-corrected chi connectivity index (χ0v) is 8.88. The van der Waals surface area contributed by atoms with E-state index in [9.17, 15) is 5.11 Å². The average Bonchev–Trinajstić information content (AvgIpc) is 2.18. The summed E-state index contributed by atoms with van der Waals surface area (Å²) >= 11 is 0. The maximum Gasteiger partial charge on any atom is 0.111 e. The molecule has 3 nitrogen and oxygen atoms in total. The summed E-state index contributed by atoms with van der Waals surface area (Å²) in [6.45, 7) is 3.13. The van der Waals surface area contributed by atoms with Crippen LogP contribution >= 0.6 is 0 Å². The molecule has 0 fully saturated rings. The van der Waals surface area contributed by atoms with Gasteiger partial charge in [0.15, 0.2) is 0 Å². The standard InChI is InChI=1S/C12H15NO2/c1-12(2,14)11(13-15)9-8-10-6-4-3-5-7-10/h3-9,14-15H,1-2H3/b9-8+,13-11+. The van der Waals surface area contributed by atoms with Crippen LogP contribution in [0.3, 0.4) is 0 Å². The highest BCUT2D eigenvalue weighted by molar-refractivity contribution is 6.03. The lowest BCUT2D eigenvalue weighted by Gasteiger charge is -2.15. The van der Waals surface area contributed by atoms with Crippen LogP contribution in [-0.4, -0.2) is 21.6 Å². The number of hydrogen-bond acceptors (Lipinski definition) is 3. The molecule has 15 heavy (non-hydrogen) atoms. The number of benzene rings is 1. The van der Waals surface area contributed by atoms with Crippen molar-refractivity contribution in [2.45, 2.75) is 19.4 Å². The van der Waals surface area contributed by atoms with Gasteiger partial charge in [0.2, 0.25) is 0 Å². The van der Waals surface area contributed by atoms with Crippen LogP contribution in [0.5, 0.6) is 0 Å². The Morgan fingerprint density at radius 1 is 1.27 bits per heavy atom. The summed E-state index contributed by atoms with van der Waals surface area (Å²) in [5.41, 5.74) is 0.0780. The molecule has 0 saturated heterocycles. The number of nitrogens with zero attached hydrogens (tertiary/aromatic N) is 1. The van der Waals surface area contributed by atoms with Gasteiger partial charge in [-0.25, -0.2) is 0 Å². The molecule has 0 aromatic heterocycles. The van der Waals surface area contributed by atoms with E-state index in [0.29, 0.717) is 0 Å². The van der Waals surface area contributed by atoms with E-state index in [1.54, 1.807) is 26.0 Å². The minimum Gasteiger partial charge on any atom is -0.411 e. The zero-order valence-electron chi connectivity index (χ0n) is 8.88. The van der Waals surface area contributed by atoms with Gasteiger partial charge < -0.3 is 10.3 Å². The Hall–Kier alpha value is -1.61. The van der Waals surface area contributed by atoms with Crippen molar-refractivity contribution in [2.24, 2.45) is 5.16 Å². The molecule has 0 heterocycles. The summed E-state index contributed by atoms with van der Waals surface area (Å²) in [7, 11) is 0. The predicted octanol–water partition coefficient (Wildman–Crippen LogP) is 2.30. The lowest BCUT2D eigenvalue weighted by molar-refractivity contribution is 0.149. The molecule has 0 spiro atoms. The van der Waals surface area contributed by atoms with Crippen molar-refractivity contribution in [2.75, 3.05) is 0 Å². The van der Waals surface area contributed by atoms with Gasteiger partial charge in [-0.05, 0) is 25.5 Å². The average molecular weight is 205 g/mol. The summed E-state index contributed by atoms with van der Waals surface area (Å²) in [6.07, 6.45) is 3.38. The van der Waals surface area contributed by atoms with Crippen LogP contribution in [0.25, 0.3) is 6.08 Å². The topological polar surface area (TPSA) is 52.8 Å². The Morgan fingerprint density at radius 2 is 1.87 bits per heavy atom. The lowest BCUT2D eigenvalue weighted by atomic mass is 10.0. The molecule has 1 aromatic carbocycles. The van der Waals surface area contributed by atoms with E-state index in [-0.39, 0.29) is 5.71 Å². The van der Waals surface area contributed by atoms with E-state index in [2.05, 4.69) is 5.16 Å². The second-order valence-electron chi connectivity index (χ2n) is 3.79. The fourth-order valence-corrected chi connectivity index (χ4v) is 1.10. The molecule has 80 valence electrons. The van der Waals surface area contributed by atoms with Crippen LogP contribution in [0.2, 0.25) is 0 Å². The van der Waals surface area contributed by atoms with Crippen molar-refractivity contribution >= 4 is 11.8 Å². The fourth-order valence-electron chi connectivity index (χ4n) is 1.10. The van der Waals surface area contributed by atoms with E-state index in [4.69, 9.17) is 5.21 Å². The van der Waals surface area contributed by atoms with Gasteiger partial charge in [-0.15, -0.1) is 0 Å². The van der Waals surface area contributed by atoms with E-state index in [0.717, 1.165) is 5.56 Å². The maximum absolute atomic E-state index is 9.61. The van der Waals surface area contributed by atoms with Crippen LogP contribution in [0.4, 0.5) is 0 Å². The van der Waals surface area contributed by atoms with E-state index >= 15 is 0 Å². The Kier molecular flexibility index (Phi) is 3.63. The van der Waals surface area contributed by atoms with Crippen LogP contribution in [0, 0.1) is 0 Å². The van der Waals surface area contributed by atoms with E-state index in [1.165, 1.54) is 0 Å². The van der Waals surface area contributed by atoms with Crippen molar-refractivity contribution in [1.29, 1.82) is 0 Å². The first kappa shape index (κ1) is 11.5. The molecule has 0 bridgehead atoms. The maximum atomic E-state index is 9.61. The Bertz CT molecular complexity index is 361. The van der Waals surface area contributed by atoms with Crippen LogP contribution in [0.15, 0.2) is 41.6 Å². The molecule has 0 aliphatic carbocycles. The molecule has 0 saturated carbocycles. The Balaban J connectivity index is 2.82. The van der Waals surface area contributed by atoms with Crippen molar-refractivity contribution in [1.82, 2.24) is 0 Å². The zero-order chi connectivity index (χ0) is 11.3. The summed E-state index contributed by atoms with van der Waals surface area (Å²) in [5.74, 6) is 0. The molecule has 3 heteroatoms. The first-order valence-electron chi connectivity index (χ1n) is 4.72. The molecule has 2 N–H and O–H groups in total. The van der Waals surface area contributed by atoms with Gasteiger partial charge >= 0.3 is 0 Å². The summed E-state index contributed by atoms with van der Waals surface area (Å²) in [6, 6.07) is 9.61. The summed E-state index contributed by atoms with van der Waals surface area (Å²) in [4.78, 5) is 0. The molecule has 0 unspecified atom stereocenters. The van der Waals surface area contributed by atoms with Crippen LogP contribution in [0.1, 0.15) is 19.4 Å². The normalized spacial score (nSPS) is 13.4. The van der Waals surface area contributed by atoms with E-state index in [1.807, 2.05) is 30.3 Å². The second kappa shape index (κ2) is 4.75. The van der Waals surface area contributed by atoms with Gasteiger partial charge in [0, 0.05) is 0 Å². The minimum absolute atomic E-state index is 0.228. The quantitative estimate of drug-likeness (QED) is 0.452. The highest BCUT2D eigenvalue weighted by atomic mass is 16.4. The molecule has 1 rings (SSSR count). The molecule has 0 aliphatic rings. The van der Waals surface area contributed by atoms with Crippen molar-refractivity contribution < 1.29 is 10.3 Å². The fraction of sp³-hybridized carbons (Fsp3) is 0.250. The van der Waals surface area contributed by atoms with Crippen molar-refractivity contribution in [3.05, 3.63) is 42.0 Å². The van der Waals surface area contributed by atoms with Crippen LogP contribution in [-0.2, 0) is 0 Å². The van der Waals surface area contributed by atoms with Crippen molar-refractivity contribution in [3.63, 3.8) is 0 Å². The van der Waals surface area contributed by atoms with Gasteiger partial charge in [-0.1, -0.05) is 41.6 Å². The van der Waals surface area contributed by atoms with Gasteiger partial charge in [0.25, 0.3) is 0 Å². The molecule has 0 amide bonds. The molecular weight excluding hydrogens is 190 g/mol. The number of hydrogen-bond donors (Lipinski definition) is 2. The highest BCUT2D eigenvalue weighted by Gasteiger charge is 2.19. The summed E-state index contributed by atoms with van der Waals surface area (Å²) < 4.78 is 0. The molecular formula is C12H15NO2. The summed E-state index contributed by atoms with van der Waals surface area (Å²) in [5, 5.41) is 21.4. The first-order valence-corrected chi connectivity index (χ1v) is 4.72. The third-order valence-electron chi connectivity index (χ3n) is 1.97. The second-order valence-corrected chi connectivity index (χ2v) is 3.79. The first-order chi connectivity index (χ1) is 7.04. The smallest absolute Gasteiger partial charge is 0.111 e. The van der Waals surface area contributed by atoms with Gasteiger partial charge in [-0.2, -0.15) is 0 Å². The third-order valence-corrected chi connectivity index (χ3v) is 1.97. The third kappa shape index (κ3) is 3.56. The van der Waals surface area contributed by atoms with E-state index < -0.39 is 5.60 Å². The van der Waals surface area contributed by atoms with Gasteiger partial charge in [0.05, 0.1) is 0 Å². The van der Waals surface area contributed by atoms with Gasteiger partial charge in [0.1, 0.15) is 11.3 Å². The Labute approximate surface area is 89.4 Å². The van der Waals surface area contributed by atoms with Crippen molar-refractivity contribution in [3.8, 4) is 0 Å². The van der Waals surface area contributed by atoms with Gasteiger partial charge in [-0.3, -0.25) is 0 Å². The lowest BCUT2D eigenvalue weighted by Crippen LogP contribution is -2.29. The largest absolute Gasteiger partial charge is 0.411 e. The SMILES string of the molecule is CC(C)(O)C(/C=C/c1ccccc1)=N/O. The monoisotopic (exact) mass is 205 g/mol. The molecule has 0 radical (unpaired) electrons. The number of rotatable bonds is 3. The predicted molar refractivity (Wildman–Crippen MR) is 61.0 cm³/mol. The molecule has 0 aliphatic heterocycles. The molecule has 0 atom stereocenters. The highest BCUT2D eigenvalue weighted by Crippen LogP contribution is 2.08. The number of oxime groups is 1. The number of aliphatic hydroxyl groups is 1. The molecule has 1 aromatic rings.